The summed E-state index contributed by atoms with van der Waals surface area (Å²) in [7, 11) is 1.43. The fraction of sp³-hybridized carbons (Fsp3) is 0.625. The van der Waals surface area contributed by atoms with Crippen molar-refractivity contribution in [1.29, 1.82) is 0 Å². The Morgan fingerprint density at radius 2 is 2.42 bits per heavy atom. The molecular formula is C8H14N2O2. The third-order valence-electron chi connectivity index (χ3n) is 1.40. The van der Waals surface area contributed by atoms with Gasteiger partial charge in [0.15, 0.2) is 0 Å². The first-order valence-electron chi connectivity index (χ1n) is 3.65. The maximum Gasteiger partial charge on any atom is 0.251 e. The second-order valence-electron chi connectivity index (χ2n) is 2.36. The van der Waals surface area contributed by atoms with Gasteiger partial charge in [0.05, 0.1) is 6.04 Å². The van der Waals surface area contributed by atoms with Crippen LogP contribution >= 0.6 is 0 Å². The van der Waals surface area contributed by atoms with Gasteiger partial charge in [-0.15, -0.1) is 6.42 Å². The molecule has 0 fully saturated rings. The summed E-state index contributed by atoms with van der Waals surface area (Å²) >= 11 is 0. The average molecular weight is 170 g/mol. The van der Waals surface area contributed by atoms with Crippen LogP contribution in [-0.2, 0) is 9.53 Å². The van der Waals surface area contributed by atoms with Crippen molar-refractivity contribution in [3.8, 4) is 12.3 Å². The Kier molecular flexibility index (Phi) is 5.09. The number of hydrogen-bond acceptors (Lipinski definition) is 3. The number of nitrogens with two attached hydrogens (primary N) is 1. The molecule has 0 aromatic rings. The third-order valence-corrected chi connectivity index (χ3v) is 1.40. The minimum atomic E-state index is -0.610. The zero-order valence-corrected chi connectivity index (χ0v) is 7.33. The Hall–Kier alpha value is -1.05. The summed E-state index contributed by atoms with van der Waals surface area (Å²) in [5, 5.41) is 2.55. The van der Waals surface area contributed by atoms with Gasteiger partial charge in [0.1, 0.15) is 6.10 Å². The van der Waals surface area contributed by atoms with Crippen LogP contribution in [0.15, 0.2) is 0 Å². The fourth-order valence-electron chi connectivity index (χ4n) is 0.658. The molecule has 3 N–H and O–H groups in total. The standard InChI is InChI=1S/C8H14N2O2/c1-4-6(2)10-8(11)7(5-9)12-3/h1,6-7H,5,9H2,2-3H3,(H,10,11). The van der Waals surface area contributed by atoms with Crippen molar-refractivity contribution in [1.82, 2.24) is 5.32 Å². The maximum atomic E-state index is 11.2. The predicted octanol–water partition coefficient (Wildman–Crippen LogP) is -0.902. The van der Waals surface area contributed by atoms with Crippen LogP contribution in [0.1, 0.15) is 6.92 Å². The van der Waals surface area contributed by atoms with E-state index in [2.05, 4.69) is 11.2 Å². The predicted molar refractivity (Wildman–Crippen MR) is 46.3 cm³/mol. The molecule has 0 heterocycles. The molecule has 0 bridgehead atoms. The van der Waals surface area contributed by atoms with Gasteiger partial charge in [-0.25, -0.2) is 0 Å². The van der Waals surface area contributed by atoms with Crippen LogP contribution in [0.5, 0.6) is 0 Å². The first-order valence-corrected chi connectivity index (χ1v) is 3.65. The summed E-state index contributed by atoms with van der Waals surface area (Å²) in [5.41, 5.74) is 5.26. The molecule has 0 aliphatic rings. The van der Waals surface area contributed by atoms with E-state index in [1.54, 1.807) is 6.92 Å². The summed E-state index contributed by atoms with van der Waals surface area (Å²) in [4.78, 5) is 11.2. The van der Waals surface area contributed by atoms with Gasteiger partial charge < -0.3 is 15.8 Å². The molecule has 68 valence electrons. The number of nitrogens with one attached hydrogen (secondary N) is 1. The highest BCUT2D eigenvalue weighted by atomic mass is 16.5. The van der Waals surface area contributed by atoms with Crippen molar-refractivity contribution < 1.29 is 9.53 Å². The minimum absolute atomic E-state index is 0.152. The van der Waals surface area contributed by atoms with E-state index in [0.29, 0.717) is 0 Å². The summed E-state index contributed by atoms with van der Waals surface area (Å²) in [5.74, 6) is 2.10. The highest BCUT2D eigenvalue weighted by molar-refractivity contribution is 5.81. The van der Waals surface area contributed by atoms with Crippen molar-refractivity contribution in [2.24, 2.45) is 5.73 Å². The van der Waals surface area contributed by atoms with Crippen LogP contribution < -0.4 is 11.1 Å². The van der Waals surface area contributed by atoms with Crippen molar-refractivity contribution >= 4 is 5.91 Å². The lowest BCUT2D eigenvalue weighted by atomic mass is 10.3. The zero-order chi connectivity index (χ0) is 9.56. The van der Waals surface area contributed by atoms with Crippen LogP contribution in [0.3, 0.4) is 0 Å². The SMILES string of the molecule is C#CC(C)NC(=O)C(CN)OC. The normalized spacial score (nSPS) is 14.5. The highest BCUT2D eigenvalue weighted by Crippen LogP contribution is 1.88. The monoisotopic (exact) mass is 170 g/mol. The molecule has 0 aromatic carbocycles. The van der Waals surface area contributed by atoms with Gasteiger partial charge in [0, 0.05) is 13.7 Å². The number of hydrogen-bond donors (Lipinski definition) is 2. The number of amides is 1. The Morgan fingerprint density at radius 3 is 2.75 bits per heavy atom. The molecule has 0 aliphatic carbocycles. The van der Waals surface area contributed by atoms with Gasteiger partial charge in [-0.05, 0) is 6.92 Å². The van der Waals surface area contributed by atoms with Crippen molar-refractivity contribution in [3.05, 3.63) is 0 Å². The number of carbonyl (C=O) groups excluding carboxylic acids is 1. The van der Waals surface area contributed by atoms with Crippen molar-refractivity contribution in [3.63, 3.8) is 0 Å². The smallest absolute Gasteiger partial charge is 0.251 e. The second kappa shape index (κ2) is 5.58. The lowest BCUT2D eigenvalue weighted by Crippen LogP contribution is -2.43. The van der Waals surface area contributed by atoms with Gasteiger partial charge >= 0.3 is 0 Å². The van der Waals surface area contributed by atoms with E-state index in [1.165, 1.54) is 7.11 Å². The molecule has 4 nitrogen and oxygen atoms in total. The largest absolute Gasteiger partial charge is 0.370 e. The Labute approximate surface area is 72.5 Å². The topological polar surface area (TPSA) is 64.4 Å². The van der Waals surface area contributed by atoms with E-state index in [-0.39, 0.29) is 18.5 Å². The van der Waals surface area contributed by atoms with Gasteiger partial charge in [-0.2, -0.15) is 0 Å². The summed E-state index contributed by atoms with van der Waals surface area (Å²) in [6.07, 6.45) is 4.46. The molecule has 0 saturated heterocycles. The summed E-state index contributed by atoms with van der Waals surface area (Å²) < 4.78 is 4.80. The number of terminal acetylenes is 1. The molecule has 0 spiro atoms. The molecule has 0 saturated carbocycles. The van der Waals surface area contributed by atoms with Gasteiger partial charge in [-0.3, -0.25) is 4.79 Å². The summed E-state index contributed by atoms with van der Waals surface area (Å²) in [6.45, 7) is 1.86. The molecule has 4 heteroatoms. The van der Waals surface area contributed by atoms with Crippen LogP contribution in [0, 0.1) is 12.3 Å². The Morgan fingerprint density at radius 1 is 1.83 bits per heavy atom. The van der Waals surface area contributed by atoms with Crippen molar-refractivity contribution in [2.45, 2.75) is 19.1 Å². The van der Waals surface area contributed by atoms with E-state index in [1.807, 2.05) is 0 Å². The molecule has 0 rings (SSSR count). The molecule has 0 radical (unpaired) electrons. The lowest BCUT2D eigenvalue weighted by Gasteiger charge is -2.14. The van der Waals surface area contributed by atoms with E-state index >= 15 is 0 Å². The third kappa shape index (κ3) is 3.37. The van der Waals surface area contributed by atoms with Gasteiger partial charge in [0.2, 0.25) is 0 Å². The molecule has 1 amide bonds. The number of carbonyl (C=O) groups is 1. The minimum Gasteiger partial charge on any atom is -0.370 e. The van der Waals surface area contributed by atoms with Crippen LogP contribution in [0.2, 0.25) is 0 Å². The summed E-state index contributed by atoms with van der Waals surface area (Å²) in [6, 6.07) is -0.290. The number of rotatable bonds is 4. The Bertz CT molecular complexity index is 182. The Balaban J connectivity index is 3.94. The average Bonchev–Trinajstić information content (AvgIpc) is 2.06. The molecule has 2 atom stereocenters. The molecule has 0 aromatic heterocycles. The van der Waals surface area contributed by atoms with E-state index in [9.17, 15) is 4.79 Å². The number of ether oxygens (including phenoxy) is 1. The quantitative estimate of drug-likeness (QED) is 0.537. The maximum absolute atomic E-state index is 11.2. The van der Waals surface area contributed by atoms with E-state index in [4.69, 9.17) is 16.9 Å². The van der Waals surface area contributed by atoms with E-state index in [0.717, 1.165) is 0 Å². The zero-order valence-electron chi connectivity index (χ0n) is 7.33. The molecule has 0 aliphatic heterocycles. The van der Waals surface area contributed by atoms with E-state index < -0.39 is 6.10 Å². The van der Waals surface area contributed by atoms with Gasteiger partial charge in [-0.1, -0.05) is 5.92 Å². The highest BCUT2D eigenvalue weighted by Gasteiger charge is 2.16. The van der Waals surface area contributed by atoms with Crippen LogP contribution in [-0.4, -0.2) is 31.7 Å². The molecule has 2 unspecified atom stereocenters. The first-order chi connectivity index (χ1) is 5.65. The number of methoxy groups -OCH3 is 1. The second-order valence-corrected chi connectivity index (χ2v) is 2.36. The molecule has 12 heavy (non-hydrogen) atoms. The van der Waals surface area contributed by atoms with Crippen LogP contribution in [0.4, 0.5) is 0 Å². The van der Waals surface area contributed by atoms with Crippen molar-refractivity contribution in [2.75, 3.05) is 13.7 Å². The lowest BCUT2D eigenvalue weighted by molar-refractivity contribution is -0.130. The molecular weight excluding hydrogens is 156 g/mol. The van der Waals surface area contributed by atoms with Crippen LogP contribution in [0.25, 0.3) is 0 Å². The van der Waals surface area contributed by atoms with Gasteiger partial charge in [0.25, 0.3) is 5.91 Å². The fourth-order valence-corrected chi connectivity index (χ4v) is 0.658. The first kappa shape index (κ1) is 11.0.